The SMILES string of the molecule is NC(=S)C1(C(=O)NCc2ncon2)CCCCC1. The van der Waals surface area contributed by atoms with Gasteiger partial charge in [-0.25, -0.2) is 0 Å². The molecule has 1 aliphatic carbocycles. The third-order valence-corrected chi connectivity index (χ3v) is 3.82. The van der Waals surface area contributed by atoms with Crippen LogP contribution in [0, 0.1) is 5.41 Å². The van der Waals surface area contributed by atoms with Gasteiger partial charge in [0.2, 0.25) is 12.3 Å². The Balaban J connectivity index is 2.02. The molecule has 0 radical (unpaired) electrons. The lowest BCUT2D eigenvalue weighted by atomic mass is 9.73. The van der Waals surface area contributed by atoms with Crippen molar-refractivity contribution >= 4 is 23.1 Å². The summed E-state index contributed by atoms with van der Waals surface area (Å²) in [5.74, 6) is 0.316. The Labute approximate surface area is 110 Å². The molecule has 18 heavy (non-hydrogen) atoms. The van der Waals surface area contributed by atoms with Gasteiger partial charge in [0.15, 0.2) is 5.82 Å². The molecule has 6 nitrogen and oxygen atoms in total. The van der Waals surface area contributed by atoms with Gasteiger partial charge in [0.25, 0.3) is 0 Å². The number of carbonyl (C=O) groups excluding carboxylic acids is 1. The summed E-state index contributed by atoms with van der Waals surface area (Å²) >= 11 is 5.09. The van der Waals surface area contributed by atoms with Gasteiger partial charge in [0, 0.05) is 0 Å². The van der Waals surface area contributed by atoms with E-state index in [9.17, 15) is 4.79 Å². The van der Waals surface area contributed by atoms with Crippen molar-refractivity contribution in [2.24, 2.45) is 11.1 Å². The first-order chi connectivity index (χ1) is 8.65. The van der Waals surface area contributed by atoms with E-state index in [1.165, 1.54) is 6.39 Å². The number of amides is 1. The minimum Gasteiger partial charge on any atom is -0.392 e. The molecule has 1 heterocycles. The van der Waals surface area contributed by atoms with Crippen LogP contribution in [-0.4, -0.2) is 21.0 Å². The predicted octanol–water partition coefficient (Wildman–Crippen LogP) is 0.922. The standard InChI is InChI=1S/C11H16N4O2S/c12-9(18)11(4-2-1-3-5-11)10(16)13-6-8-14-7-17-15-8/h7H,1-6H2,(H2,12,18)(H,13,16). The normalized spacial score (nSPS) is 18.2. The molecule has 0 aromatic carbocycles. The molecule has 0 atom stereocenters. The minimum absolute atomic E-state index is 0.125. The van der Waals surface area contributed by atoms with E-state index in [-0.39, 0.29) is 17.4 Å². The topological polar surface area (TPSA) is 94.0 Å². The van der Waals surface area contributed by atoms with Gasteiger partial charge in [-0.2, -0.15) is 4.98 Å². The van der Waals surface area contributed by atoms with Crippen LogP contribution in [0.3, 0.4) is 0 Å². The zero-order valence-corrected chi connectivity index (χ0v) is 10.8. The van der Waals surface area contributed by atoms with Gasteiger partial charge >= 0.3 is 0 Å². The summed E-state index contributed by atoms with van der Waals surface area (Å²) in [6.07, 6.45) is 5.76. The number of nitrogens with one attached hydrogen (secondary N) is 1. The molecule has 0 saturated heterocycles. The van der Waals surface area contributed by atoms with Crippen LogP contribution >= 0.6 is 12.2 Å². The second-order valence-corrected chi connectivity index (χ2v) is 4.98. The molecule has 1 aliphatic rings. The van der Waals surface area contributed by atoms with Crippen LogP contribution in [0.15, 0.2) is 10.9 Å². The van der Waals surface area contributed by atoms with Crippen LogP contribution in [0.4, 0.5) is 0 Å². The Bertz CT molecular complexity index is 426. The smallest absolute Gasteiger partial charge is 0.233 e. The molecule has 1 aromatic rings. The lowest BCUT2D eigenvalue weighted by molar-refractivity contribution is -0.129. The summed E-state index contributed by atoms with van der Waals surface area (Å²) in [5.41, 5.74) is 5.08. The number of rotatable bonds is 4. The van der Waals surface area contributed by atoms with Gasteiger partial charge < -0.3 is 15.6 Å². The van der Waals surface area contributed by atoms with Crippen LogP contribution in [0.25, 0.3) is 0 Å². The van der Waals surface area contributed by atoms with Crippen LogP contribution in [0.1, 0.15) is 37.9 Å². The Morgan fingerprint density at radius 3 is 2.78 bits per heavy atom. The monoisotopic (exact) mass is 268 g/mol. The second-order valence-electron chi connectivity index (χ2n) is 4.54. The highest BCUT2D eigenvalue weighted by Crippen LogP contribution is 2.36. The number of hydrogen-bond acceptors (Lipinski definition) is 5. The van der Waals surface area contributed by atoms with Gasteiger partial charge in [0.05, 0.1) is 16.9 Å². The molecule has 98 valence electrons. The maximum absolute atomic E-state index is 12.3. The van der Waals surface area contributed by atoms with E-state index in [1.807, 2.05) is 0 Å². The highest BCUT2D eigenvalue weighted by atomic mass is 32.1. The van der Waals surface area contributed by atoms with Crippen molar-refractivity contribution < 1.29 is 9.32 Å². The Morgan fingerprint density at radius 2 is 2.22 bits per heavy atom. The van der Waals surface area contributed by atoms with Crippen LogP contribution in [0.5, 0.6) is 0 Å². The average Bonchev–Trinajstić information content (AvgIpc) is 2.89. The van der Waals surface area contributed by atoms with E-state index in [4.69, 9.17) is 18.0 Å². The zero-order valence-electron chi connectivity index (χ0n) is 10.0. The molecule has 7 heteroatoms. The maximum Gasteiger partial charge on any atom is 0.233 e. The molecule has 0 unspecified atom stereocenters. The third-order valence-electron chi connectivity index (χ3n) is 3.43. The molecular weight excluding hydrogens is 252 g/mol. The summed E-state index contributed by atoms with van der Waals surface area (Å²) < 4.78 is 4.60. The molecule has 2 rings (SSSR count). The lowest BCUT2D eigenvalue weighted by Gasteiger charge is -2.34. The van der Waals surface area contributed by atoms with Crippen LogP contribution < -0.4 is 11.1 Å². The van der Waals surface area contributed by atoms with Gasteiger partial charge in [-0.15, -0.1) is 0 Å². The highest BCUT2D eigenvalue weighted by Gasteiger charge is 2.42. The van der Waals surface area contributed by atoms with E-state index in [0.717, 1.165) is 32.1 Å². The van der Waals surface area contributed by atoms with Crippen molar-refractivity contribution in [3.63, 3.8) is 0 Å². The maximum atomic E-state index is 12.3. The van der Waals surface area contributed by atoms with Crippen molar-refractivity contribution in [1.82, 2.24) is 15.5 Å². The molecule has 1 saturated carbocycles. The van der Waals surface area contributed by atoms with E-state index in [2.05, 4.69) is 20.0 Å². The highest BCUT2D eigenvalue weighted by molar-refractivity contribution is 7.80. The van der Waals surface area contributed by atoms with Crippen molar-refractivity contribution in [1.29, 1.82) is 0 Å². The van der Waals surface area contributed by atoms with Crippen molar-refractivity contribution in [2.75, 3.05) is 0 Å². The minimum atomic E-state index is -0.697. The van der Waals surface area contributed by atoms with Crippen LogP contribution in [-0.2, 0) is 11.3 Å². The summed E-state index contributed by atoms with van der Waals surface area (Å²) in [4.78, 5) is 16.4. The van der Waals surface area contributed by atoms with E-state index >= 15 is 0 Å². The molecule has 1 amide bonds. The average molecular weight is 268 g/mol. The number of nitrogens with zero attached hydrogens (tertiary/aromatic N) is 2. The van der Waals surface area contributed by atoms with E-state index < -0.39 is 5.41 Å². The Hall–Kier alpha value is -1.50. The fraction of sp³-hybridized carbons (Fsp3) is 0.636. The summed E-state index contributed by atoms with van der Waals surface area (Å²) in [6.45, 7) is 0.236. The molecule has 0 bridgehead atoms. The van der Waals surface area contributed by atoms with Crippen molar-refractivity contribution in [3.05, 3.63) is 12.2 Å². The summed E-state index contributed by atoms with van der Waals surface area (Å²) in [5, 5.41) is 6.42. The van der Waals surface area contributed by atoms with Crippen LogP contribution in [0.2, 0.25) is 0 Å². The Kier molecular flexibility index (Phi) is 3.90. The Morgan fingerprint density at radius 1 is 1.50 bits per heavy atom. The summed E-state index contributed by atoms with van der Waals surface area (Å²) in [7, 11) is 0. The molecular formula is C11H16N4O2S. The van der Waals surface area contributed by atoms with E-state index in [0.29, 0.717) is 5.82 Å². The molecule has 3 N–H and O–H groups in total. The molecule has 0 spiro atoms. The number of carbonyl (C=O) groups is 1. The van der Waals surface area contributed by atoms with Gasteiger partial charge in [0.1, 0.15) is 0 Å². The number of nitrogens with two attached hydrogens (primary N) is 1. The van der Waals surface area contributed by atoms with Crippen molar-refractivity contribution in [3.8, 4) is 0 Å². The van der Waals surface area contributed by atoms with Gasteiger partial charge in [-0.05, 0) is 12.8 Å². The first kappa shape index (κ1) is 12.9. The number of aromatic nitrogens is 2. The fourth-order valence-electron chi connectivity index (χ4n) is 2.34. The molecule has 1 aromatic heterocycles. The zero-order chi connectivity index (χ0) is 13.0. The predicted molar refractivity (Wildman–Crippen MR) is 68.4 cm³/mol. The van der Waals surface area contributed by atoms with Gasteiger partial charge in [-0.3, -0.25) is 4.79 Å². The first-order valence-electron chi connectivity index (χ1n) is 5.98. The van der Waals surface area contributed by atoms with Gasteiger partial charge in [-0.1, -0.05) is 36.6 Å². The second kappa shape index (κ2) is 5.43. The largest absolute Gasteiger partial charge is 0.392 e. The lowest BCUT2D eigenvalue weighted by Crippen LogP contribution is -2.49. The third kappa shape index (κ3) is 2.50. The van der Waals surface area contributed by atoms with Crippen molar-refractivity contribution in [2.45, 2.75) is 38.6 Å². The number of thiocarbonyl (C=S) groups is 1. The quantitative estimate of drug-likeness (QED) is 0.789. The fourth-order valence-corrected chi connectivity index (χ4v) is 2.64. The molecule has 1 fully saturated rings. The molecule has 0 aliphatic heterocycles. The number of hydrogen-bond donors (Lipinski definition) is 2. The van der Waals surface area contributed by atoms with E-state index in [1.54, 1.807) is 0 Å². The summed E-state index contributed by atoms with van der Waals surface area (Å²) in [6, 6.07) is 0. The first-order valence-corrected chi connectivity index (χ1v) is 6.39.